The number of likely N-dealkylation sites (tertiary alicyclic amines) is 1. The lowest BCUT2D eigenvalue weighted by atomic mass is 9.74. The molecule has 1 aliphatic rings. The van der Waals surface area contributed by atoms with Crippen LogP contribution in [-0.4, -0.2) is 60.0 Å². The predicted molar refractivity (Wildman–Crippen MR) is 134 cm³/mol. The van der Waals surface area contributed by atoms with E-state index in [4.69, 9.17) is 10.5 Å². The number of benzene rings is 2. The zero-order valence-corrected chi connectivity index (χ0v) is 20.6. The van der Waals surface area contributed by atoms with E-state index in [1.54, 1.807) is 24.1 Å². The molecule has 1 saturated heterocycles. The average Bonchev–Trinajstić information content (AvgIpc) is 2.87. The largest absolute Gasteiger partial charge is 0.391 e. The maximum atomic E-state index is 14.1. The van der Waals surface area contributed by atoms with Gasteiger partial charge < -0.3 is 25.6 Å². The fourth-order valence-electron chi connectivity index (χ4n) is 5.06. The number of rotatable bonds is 12. The summed E-state index contributed by atoms with van der Waals surface area (Å²) in [6.07, 6.45) is 2.89. The standard InChI is InChI=1S/C28H39FN2O4/c1-35-16-6-5-14-28(34,22-11-7-13-24(29)18-22)23-12-8-15-31(20-23)27(33)19-26(32)25(30)17-21-9-3-2-4-10-21/h2-4,7,9-11,13,18,23,25-26,32,34H,5-6,8,12,14-17,19-20,30H2,1H3/t23-,25+,26+,28-/m1/s1. The van der Waals surface area contributed by atoms with Crippen molar-refractivity contribution in [3.05, 3.63) is 71.5 Å². The summed E-state index contributed by atoms with van der Waals surface area (Å²) in [6, 6.07) is 15.2. The molecule has 0 spiro atoms. The van der Waals surface area contributed by atoms with E-state index in [1.165, 1.54) is 12.1 Å². The first-order chi connectivity index (χ1) is 16.8. The van der Waals surface area contributed by atoms with Gasteiger partial charge in [-0.3, -0.25) is 4.79 Å². The number of aliphatic hydroxyl groups is 2. The first kappa shape index (κ1) is 27.3. The van der Waals surface area contributed by atoms with Gasteiger partial charge in [0.1, 0.15) is 5.82 Å². The molecule has 2 aromatic rings. The molecule has 192 valence electrons. The summed E-state index contributed by atoms with van der Waals surface area (Å²) in [4.78, 5) is 14.8. The van der Waals surface area contributed by atoms with Gasteiger partial charge in [-0.25, -0.2) is 4.39 Å². The molecule has 0 saturated carbocycles. The molecule has 4 N–H and O–H groups in total. The van der Waals surface area contributed by atoms with Crippen LogP contribution in [0.3, 0.4) is 0 Å². The Balaban J connectivity index is 1.66. The molecule has 1 aliphatic heterocycles. The SMILES string of the molecule is COCCCC[C@@](O)(c1cccc(F)c1)[C@@H]1CCCN(C(=O)C[C@H](O)[C@@H](N)Cc2ccccc2)C1. The maximum absolute atomic E-state index is 14.1. The van der Waals surface area contributed by atoms with Crippen LogP contribution in [0.5, 0.6) is 0 Å². The summed E-state index contributed by atoms with van der Waals surface area (Å²) in [7, 11) is 1.64. The molecule has 6 nitrogen and oxygen atoms in total. The number of carbonyl (C=O) groups excluding carboxylic acids is 1. The topological polar surface area (TPSA) is 96.0 Å². The number of halogens is 1. The van der Waals surface area contributed by atoms with Gasteiger partial charge in [-0.15, -0.1) is 0 Å². The third kappa shape index (κ3) is 7.58. The van der Waals surface area contributed by atoms with Crippen LogP contribution in [-0.2, 0) is 21.6 Å². The third-order valence-corrected chi connectivity index (χ3v) is 7.12. The van der Waals surface area contributed by atoms with Crippen LogP contribution in [0.2, 0.25) is 0 Å². The summed E-state index contributed by atoms with van der Waals surface area (Å²) in [5, 5.41) is 22.5. The van der Waals surface area contributed by atoms with Gasteiger partial charge in [0.05, 0.1) is 18.1 Å². The van der Waals surface area contributed by atoms with E-state index >= 15 is 0 Å². The van der Waals surface area contributed by atoms with Gasteiger partial charge in [-0.05, 0) is 61.8 Å². The molecule has 0 aliphatic carbocycles. The van der Waals surface area contributed by atoms with E-state index in [0.29, 0.717) is 38.1 Å². The van der Waals surface area contributed by atoms with Crippen molar-refractivity contribution in [1.29, 1.82) is 0 Å². The summed E-state index contributed by atoms with van der Waals surface area (Å²) in [6.45, 7) is 1.52. The van der Waals surface area contributed by atoms with Crippen molar-refractivity contribution in [2.24, 2.45) is 11.7 Å². The van der Waals surface area contributed by atoms with Crippen LogP contribution in [0.25, 0.3) is 0 Å². The summed E-state index contributed by atoms with van der Waals surface area (Å²) >= 11 is 0. The Morgan fingerprint density at radius 2 is 2.00 bits per heavy atom. The van der Waals surface area contributed by atoms with E-state index in [-0.39, 0.29) is 18.2 Å². The van der Waals surface area contributed by atoms with Crippen molar-refractivity contribution >= 4 is 5.91 Å². The molecular weight excluding hydrogens is 447 g/mol. The molecular formula is C28H39FN2O4. The number of hydrogen-bond donors (Lipinski definition) is 3. The number of nitrogens with zero attached hydrogens (tertiary/aromatic N) is 1. The Morgan fingerprint density at radius 3 is 2.71 bits per heavy atom. The Labute approximate surface area is 207 Å². The highest BCUT2D eigenvalue weighted by molar-refractivity contribution is 5.77. The number of aliphatic hydroxyl groups excluding tert-OH is 1. The number of carbonyl (C=O) groups is 1. The van der Waals surface area contributed by atoms with Crippen LogP contribution in [0.1, 0.15) is 49.7 Å². The molecule has 0 unspecified atom stereocenters. The lowest BCUT2D eigenvalue weighted by molar-refractivity contribution is -0.139. The van der Waals surface area contributed by atoms with Crippen LogP contribution in [0, 0.1) is 11.7 Å². The second-order valence-corrected chi connectivity index (χ2v) is 9.69. The molecule has 1 amide bonds. The lowest BCUT2D eigenvalue weighted by Gasteiger charge is -2.43. The minimum atomic E-state index is -1.25. The summed E-state index contributed by atoms with van der Waals surface area (Å²) < 4.78 is 19.2. The fourth-order valence-corrected chi connectivity index (χ4v) is 5.06. The van der Waals surface area contributed by atoms with Crippen LogP contribution < -0.4 is 5.73 Å². The second-order valence-electron chi connectivity index (χ2n) is 9.69. The van der Waals surface area contributed by atoms with Gasteiger partial charge >= 0.3 is 0 Å². The number of hydrogen-bond acceptors (Lipinski definition) is 5. The highest BCUT2D eigenvalue weighted by Gasteiger charge is 2.41. The van der Waals surface area contributed by atoms with Crippen molar-refractivity contribution < 1.29 is 24.1 Å². The number of unbranched alkanes of at least 4 members (excludes halogenated alkanes) is 1. The van der Waals surface area contributed by atoms with Gasteiger partial charge in [-0.2, -0.15) is 0 Å². The fraction of sp³-hybridized carbons (Fsp3) is 0.536. The Hall–Kier alpha value is -2.32. The Morgan fingerprint density at radius 1 is 1.23 bits per heavy atom. The number of ether oxygens (including phenoxy) is 1. The monoisotopic (exact) mass is 486 g/mol. The molecule has 2 aromatic carbocycles. The molecule has 1 fully saturated rings. The van der Waals surface area contributed by atoms with Gasteiger partial charge in [-0.1, -0.05) is 42.5 Å². The predicted octanol–water partition coefficient (Wildman–Crippen LogP) is 3.39. The third-order valence-electron chi connectivity index (χ3n) is 7.12. The van der Waals surface area contributed by atoms with Gasteiger partial charge in [0.25, 0.3) is 0 Å². The quantitative estimate of drug-likeness (QED) is 0.400. The van der Waals surface area contributed by atoms with Crippen LogP contribution in [0.15, 0.2) is 54.6 Å². The molecule has 4 atom stereocenters. The first-order valence-corrected chi connectivity index (χ1v) is 12.6. The summed E-state index contributed by atoms with van der Waals surface area (Å²) in [5.74, 6) is -0.802. The van der Waals surface area contributed by atoms with Crippen molar-refractivity contribution in [1.82, 2.24) is 4.90 Å². The van der Waals surface area contributed by atoms with Crippen molar-refractivity contribution in [2.75, 3.05) is 26.8 Å². The molecule has 3 rings (SSSR count). The molecule has 7 heteroatoms. The highest BCUT2D eigenvalue weighted by Crippen LogP contribution is 2.40. The second kappa shape index (κ2) is 13.1. The van der Waals surface area contributed by atoms with Gasteiger partial charge in [0.2, 0.25) is 5.91 Å². The normalized spacial score (nSPS) is 19.7. The molecule has 0 radical (unpaired) electrons. The van der Waals surface area contributed by atoms with Crippen LogP contribution in [0.4, 0.5) is 4.39 Å². The van der Waals surface area contributed by atoms with Crippen molar-refractivity contribution in [3.63, 3.8) is 0 Å². The first-order valence-electron chi connectivity index (χ1n) is 12.6. The minimum Gasteiger partial charge on any atom is -0.391 e. The Bertz CT molecular complexity index is 928. The zero-order chi connectivity index (χ0) is 25.3. The van der Waals surface area contributed by atoms with E-state index in [0.717, 1.165) is 31.2 Å². The number of methoxy groups -OCH3 is 1. The van der Waals surface area contributed by atoms with Crippen LogP contribution >= 0.6 is 0 Å². The minimum absolute atomic E-state index is 0.0625. The van der Waals surface area contributed by atoms with E-state index in [2.05, 4.69) is 0 Å². The average molecular weight is 487 g/mol. The molecule has 0 aromatic heterocycles. The zero-order valence-electron chi connectivity index (χ0n) is 20.6. The van der Waals surface area contributed by atoms with E-state index < -0.39 is 23.6 Å². The van der Waals surface area contributed by atoms with Gasteiger partial charge in [0, 0.05) is 38.8 Å². The number of amides is 1. The number of nitrogens with two attached hydrogens (primary N) is 1. The molecule has 0 bridgehead atoms. The smallest absolute Gasteiger partial charge is 0.225 e. The van der Waals surface area contributed by atoms with Crippen molar-refractivity contribution in [2.45, 2.75) is 62.7 Å². The van der Waals surface area contributed by atoms with E-state index in [1.807, 2.05) is 30.3 Å². The molecule has 35 heavy (non-hydrogen) atoms. The summed E-state index contributed by atoms with van der Waals surface area (Å²) in [5.41, 5.74) is 6.49. The highest BCUT2D eigenvalue weighted by atomic mass is 19.1. The Kier molecular flexibility index (Phi) is 10.2. The van der Waals surface area contributed by atoms with E-state index in [9.17, 15) is 19.4 Å². The van der Waals surface area contributed by atoms with Crippen molar-refractivity contribution in [3.8, 4) is 0 Å². The number of piperidine rings is 1. The maximum Gasteiger partial charge on any atom is 0.225 e. The lowest BCUT2D eigenvalue weighted by Crippen LogP contribution is -2.49. The molecule has 1 heterocycles. The van der Waals surface area contributed by atoms with Gasteiger partial charge in [0.15, 0.2) is 0 Å².